The van der Waals surface area contributed by atoms with E-state index < -0.39 is 0 Å². The standard InChI is InChI=1S/C27H49N/c1-5-20-19-24-23-14-10-12-21(11-7-9-18-28)25(23,2)16-17-27(24,4)26(3)15-8-6-13-22(20)26/h20-24H,5-19,28H2,1-4H3/t20-,21?,22?,23?,24?,25?,26?,27-/m0/s1. The van der Waals surface area contributed by atoms with Gasteiger partial charge in [0.25, 0.3) is 0 Å². The van der Waals surface area contributed by atoms with Crippen molar-refractivity contribution in [2.24, 2.45) is 51.6 Å². The lowest BCUT2D eigenvalue weighted by atomic mass is 9.35. The molecule has 6 unspecified atom stereocenters. The van der Waals surface area contributed by atoms with Gasteiger partial charge in [-0.2, -0.15) is 0 Å². The van der Waals surface area contributed by atoms with Crippen LogP contribution in [0.15, 0.2) is 0 Å². The summed E-state index contributed by atoms with van der Waals surface area (Å²) in [7, 11) is 0. The SMILES string of the molecule is CC[C@H]1CC2C3CCCC(CCCCN)C3(C)CC[C@]2(C)C2(C)CCCCC12. The van der Waals surface area contributed by atoms with Gasteiger partial charge in [0, 0.05) is 0 Å². The Labute approximate surface area is 176 Å². The summed E-state index contributed by atoms with van der Waals surface area (Å²) in [6.45, 7) is 11.7. The molecule has 0 saturated heterocycles. The fourth-order valence-electron chi connectivity index (χ4n) is 9.66. The Morgan fingerprint density at radius 1 is 0.786 bits per heavy atom. The van der Waals surface area contributed by atoms with Crippen molar-refractivity contribution in [2.45, 2.75) is 118 Å². The highest BCUT2D eigenvalue weighted by atomic mass is 14.7. The van der Waals surface area contributed by atoms with E-state index in [0.717, 1.165) is 36.1 Å². The Bertz CT molecular complexity index is 542. The summed E-state index contributed by atoms with van der Waals surface area (Å²) in [6, 6.07) is 0. The van der Waals surface area contributed by atoms with E-state index in [2.05, 4.69) is 27.7 Å². The predicted octanol–water partition coefficient (Wildman–Crippen LogP) is 7.58. The summed E-state index contributed by atoms with van der Waals surface area (Å²) in [5, 5.41) is 0. The van der Waals surface area contributed by atoms with Crippen LogP contribution in [0.3, 0.4) is 0 Å². The molecule has 2 N–H and O–H groups in total. The van der Waals surface area contributed by atoms with Crippen molar-refractivity contribution in [1.29, 1.82) is 0 Å². The van der Waals surface area contributed by atoms with E-state index in [-0.39, 0.29) is 0 Å². The van der Waals surface area contributed by atoms with Gasteiger partial charge in [-0.25, -0.2) is 0 Å². The maximum atomic E-state index is 5.82. The monoisotopic (exact) mass is 387 g/mol. The van der Waals surface area contributed by atoms with Gasteiger partial charge in [0.15, 0.2) is 0 Å². The van der Waals surface area contributed by atoms with Crippen LogP contribution in [0.25, 0.3) is 0 Å². The molecule has 0 aromatic carbocycles. The highest BCUT2D eigenvalue weighted by molar-refractivity contribution is 5.14. The summed E-state index contributed by atoms with van der Waals surface area (Å²) in [6.07, 6.45) is 20.6. The molecule has 0 aromatic rings. The van der Waals surface area contributed by atoms with Gasteiger partial charge >= 0.3 is 0 Å². The van der Waals surface area contributed by atoms with Crippen LogP contribution in [-0.2, 0) is 0 Å². The Kier molecular flexibility index (Phi) is 5.98. The third-order valence-corrected chi connectivity index (χ3v) is 11.6. The van der Waals surface area contributed by atoms with Crippen LogP contribution in [0.1, 0.15) is 118 Å². The van der Waals surface area contributed by atoms with Crippen LogP contribution in [-0.4, -0.2) is 6.54 Å². The lowest BCUT2D eigenvalue weighted by molar-refractivity contribution is -0.212. The largest absolute Gasteiger partial charge is 0.330 e. The summed E-state index contributed by atoms with van der Waals surface area (Å²) < 4.78 is 0. The third kappa shape index (κ3) is 3.04. The van der Waals surface area contributed by atoms with E-state index in [1.54, 1.807) is 6.42 Å². The summed E-state index contributed by atoms with van der Waals surface area (Å²) >= 11 is 0. The van der Waals surface area contributed by atoms with Crippen molar-refractivity contribution >= 4 is 0 Å². The highest BCUT2D eigenvalue weighted by Crippen LogP contribution is 2.73. The number of hydrogen-bond acceptors (Lipinski definition) is 1. The van der Waals surface area contributed by atoms with Crippen LogP contribution in [0.2, 0.25) is 0 Å². The Hall–Kier alpha value is -0.0400. The maximum absolute atomic E-state index is 5.82. The number of hydrogen-bond donors (Lipinski definition) is 1. The van der Waals surface area contributed by atoms with Gasteiger partial charge < -0.3 is 5.73 Å². The van der Waals surface area contributed by atoms with E-state index in [1.807, 2.05) is 0 Å². The van der Waals surface area contributed by atoms with Crippen molar-refractivity contribution in [2.75, 3.05) is 6.54 Å². The Morgan fingerprint density at radius 3 is 2.29 bits per heavy atom. The number of fused-ring (bicyclic) bond motifs is 5. The smallest absolute Gasteiger partial charge is 0.00773 e. The number of unbranched alkanes of at least 4 members (excludes halogenated alkanes) is 1. The van der Waals surface area contributed by atoms with E-state index in [0.29, 0.717) is 16.2 Å². The number of rotatable bonds is 5. The van der Waals surface area contributed by atoms with Crippen LogP contribution < -0.4 is 5.73 Å². The van der Waals surface area contributed by atoms with Crippen LogP contribution in [0, 0.1) is 45.8 Å². The predicted molar refractivity (Wildman–Crippen MR) is 121 cm³/mol. The summed E-state index contributed by atoms with van der Waals surface area (Å²) in [5.74, 6) is 4.98. The van der Waals surface area contributed by atoms with Crippen LogP contribution >= 0.6 is 0 Å². The Balaban J connectivity index is 1.64. The topological polar surface area (TPSA) is 26.0 Å². The minimum absolute atomic E-state index is 0.604. The molecule has 4 saturated carbocycles. The maximum Gasteiger partial charge on any atom is -0.00773 e. The fraction of sp³-hybridized carbons (Fsp3) is 1.00. The molecule has 4 aliphatic rings. The van der Waals surface area contributed by atoms with Gasteiger partial charge in [-0.3, -0.25) is 0 Å². The van der Waals surface area contributed by atoms with Crippen molar-refractivity contribution in [3.05, 3.63) is 0 Å². The van der Waals surface area contributed by atoms with Gasteiger partial charge in [-0.05, 0) is 110 Å². The van der Waals surface area contributed by atoms with E-state index in [1.165, 1.54) is 83.5 Å². The van der Waals surface area contributed by atoms with E-state index in [9.17, 15) is 0 Å². The zero-order chi connectivity index (χ0) is 20.0. The molecule has 0 amide bonds. The zero-order valence-corrected chi connectivity index (χ0v) is 19.6. The van der Waals surface area contributed by atoms with Gasteiger partial charge in [-0.15, -0.1) is 0 Å². The zero-order valence-electron chi connectivity index (χ0n) is 19.6. The van der Waals surface area contributed by atoms with Crippen LogP contribution in [0.4, 0.5) is 0 Å². The molecular formula is C27H49N. The van der Waals surface area contributed by atoms with Crippen molar-refractivity contribution in [3.8, 4) is 0 Å². The Morgan fingerprint density at radius 2 is 1.54 bits per heavy atom. The summed E-state index contributed by atoms with van der Waals surface area (Å²) in [5.41, 5.74) is 7.66. The molecule has 0 aliphatic heterocycles. The van der Waals surface area contributed by atoms with E-state index in [4.69, 9.17) is 5.73 Å². The molecule has 0 heterocycles. The molecule has 0 radical (unpaired) electrons. The van der Waals surface area contributed by atoms with E-state index >= 15 is 0 Å². The number of nitrogens with two attached hydrogens (primary N) is 1. The van der Waals surface area contributed by atoms with Gasteiger partial charge in [0.05, 0.1) is 0 Å². The molecule has 4 rings (SSSR count). The van der Waals surface area contributed by atoms with Crippen molar-refractivity contribution in [3.63, 3.8) is 0 Å². The van der Waals surface area contributed by atoms with Gasteiger partial charge in [0.1, 0.15) is 0 Å². The second kappa shape index (κ2) is 7.90. The third-order valence-electron chi connectivity index (χ3n) is 11.6. The average molecular weight is 388 g/mol. The molecule has 0 bridgehead atoms. The first kappa shape index (κ1) is 21.2. The minimum atomic E-state index is 0.604. The second-order valence-corrected chi connectivity index (χ2v) is 12.2. The molecular weight excluding hydrogens is 338 g/mol. The molecule has 0 aromatic heterocycles. The first-order valence-corrected chi connectivity index (χ1v) is 13.1. The van der Waals surface area contributed by atoms with Gasteiger partial charge in [-0.1, -0.05) is 59.8 Å². The normalized spacial score (nSPS) is 51.1. The van der Waals surface area contributed by atoms with Crippen LogP contribution in [0.5, 0.6) is 0 Å². The first-order valence-electron chi connectivity index (χ1n) is 13.1. The molecule has 0 spiro atoms. The summed E-state index contributed by atoms with van der Waals surface area (Å²) in [4.78, 5) is 0. The molecule has 8 atom stereocenters. The first-order chi connectivity index (χ1) is 13.4. The molecule has 1 heteroatoms. The lowest BCUT2D eigenvalue weighted by Crippen LogP contribution is -2.62. The molecule has 28 heavy (non-hydrogen) atoms. The minimum Gasteiger partial charge on any atom is -0.330 e. The lowest BCUT2D eigenvalue weighted by Gasteiger charge is -2.70. The quantitative estimate of drug-likeness (QED) is 0.483. The van der Waals surface area contributed by atoms with Crippen molar-refractivity contribution in [1.82, 2.24) is 0 Å². The molecule has 4 aliphatic carbocycles. The molecule has 4 fully saturated rings. The second-order valence-electron chi connectivity index (χ2n) is 12.2. The fourth-order valence-corrected chi connectivity index (χ4v) is 9.66. The molecule has 162 valence electrons. The highest BCUT2D eigenvalue weighted by Gasteiger charge is 2.65. The van der Waals surface area contributed by atoms with Crippen molar-refractivity contribution < 1.29 is 0 Å². The average Bonchev–Trinajstić information content (AvgIpc) is 2.69. The molecule has 1 nitrogen and oxygen atoms in total. The van der Waals surface area contributed by atoms with Gasteiger partial charge in [0.2, 0.25) is 0 Å².